The van der Waals surface area contributed by atoms with E-state index in [-0.39, 0.29) is 11.5 Å². The Labute approximate surface area is 106 Å². The minimum absolute atomic E-state index is 0.251. The van der Waals surface area contributed by atoms with Crippen LogP contribution in [0.3, 0.4) is 0 Å². The Hall–Kier alpha value is -0.570. The molecule has 0 aliphatic heterocycles. The largest absolute Gasteiger partial charge is 0.339 e. The Bertz CT molecular complexity index is 255. The van der Waals surface area contributed by atoms with Crippen molar-refractivity contribution in [3.63, 3.8) is 0 Å². The molecule has 100 valence electrons. The zero-order chi connectivity index (χ0) is 13.1. The number of carbonyl (C=O) groups is 1. The topological polar surface area (TPSA) is 46.3 Å². The lowest BCUT2D eigenvalue weighted by atomic mass is 9.84. The van der Waals surface area contributed by atoms with Gasteiger partial charge in [0.2, 0.25) is 5.91 Å². The number of nitrogens with two attached hydrogens (primary N) is 1. The van der Waals surface area contributed by atoms with Crippen LogP contribution in [0.15, 0.2) is 0 Å². The number of nitrogens with zero attached hydrogens (tertiary/aromatic N) is 1. The lowest BCUT2D eigenvalue weighted by Crippen LogP contribution is -2.50. The van der Waals surface area contributed by atoms with Crippen LogP contribution in [-0.2, 0) is 4.79 Å². The summed E-state index contributed by atoms with van der Waals surface area (Å²) in [6, 6.07) is 0.272. The molecule has 2 N–H and O–H groups in total. The molecule has 0 spiro atoms. The molecule has 1 aliphatic carbocycles. The second-order valence-corrected chi connectivity index (χ2v) is 6.14. The minimum atomic E-state index is -0.251. The van der Waals surface area contributed by atoms with Crippen LogP contribution in [0, 0.1) is 11.3 Å². The first-order chi connectivity index (χ1) is 7.93. The highest BCUT2D eigenvalue weighted by Crippen LogP contribution is 2.39. The summed E-state index contributed by atoms with van der Waals surface area (Å²) < 4.78 is 0. The van der Waals surface area contributed by atoms with Crippen LogP contribution in [0.5, 0.6) is 0 Å². The fourth-order valence-corrected chi connectivity index (χ4v) is 2.78. The number of amides is 1. The molecule has 0 aromatic rings. The van der Waals surface area contributed by atoms with E-state index in [4.69, 9.17) is 5.73 Å². The van der Waals surface area contributed by atoms with Gasteiger partial charge >= 0.3 is 0 Å². The summed E-state index contributed by atoms with van der Waals surface area (Å²) in [5.74, 6) is 0.804. The molecule has 0 saturated heterocycles. The van der Waals surface area contributed by atoms with E-state index >= 15 is 0 Å². The van der Waals surface area contributed by atoms with Crippen LogP contribution in [0.4, 0.5) is 0 Å². The number of rotatable bonds is 5. The van der Waals surface area contributed by atoms with Crippen molar-refractivity contribution in [3.8, 4) is 0 Å². The Morgan fingerprint density at radius 2 is 1.76 bits per heavy atom. The van der Waals surface area contributed by atoms with Gasteiger partial charge in [-0.3, -0.25) is 4.79 Å². The van der Waals surface area contributed by atoms with Crippen LogP contribution in [0.1, 0.15) is 53.4 Å². The predicted octanol–water partition coefficient (Wildman–Crippen LogP) is 2.40. The summed E-state index contributed by atoms with van der Waals surface area (Å²) in [4.78, 5) is 14.8. The normalized spacial score (nSPS) is 19.0. The van der Waals surface area contributed by atoms with Crippen molar-refractivity contribution in [2.45, 2.75) is 59.4 Å². The quantitative estimate of drug-likeness (QED) is 0.802. The Morgan fingerprint density at radius 1 is 1.24 bits per heavy atom. The average Bonchev–Trinajstić information content (AvgIpc) is 2.74. The Morgan fingerprint density at radius 3 is 2.12 bits per heavy atom. The second kappa shape index (κ2) is 5.85. The van der Waals surface area contributed by atoms with Gasteiger partial charge in [-0.2, -0.15) is 0 Å². The van der Waals surface area contributed by atoms with E-state index in [1.807, 2.05) is 4.90 Å². The van der Waals surface area contributed by atoms with Crippen molar-refractivity contribution in [1.82, 2.24) is 4.90 Å². The molecule has 0 atom stereocenters. The molecule has 1 saturated carbocycles. The minimum Gasteiger partial charge on any atom is -0.339 e. The van der Waals surface area contributed by atoms with E-state index in [1.54, 1.807) is 0 Å². The van der Waals surface area contributed by atoms with Crippen LogP contribution < -0.4 is 5.73 Å². The molecular weight excluding hydrogens is 212 g/mol. The van der Waals surface area contributed by atoms with Gasteiger partial charge in [-0.1, -0.05) is 26.7 Å². The van der Waals surface area contributed by atoms with E-state index in [2.05, 4.69) is 27.7 Å². The third-order valence-corrected chi connectivity index (χ3v) is 3.85. The first kappa shape index (κ1) is 14.5. The highest BCUT2D eigenvalue weighted by molar-refractivity contribution is 5.83. The summed E-state index contributed by atoms with van der Waals surface area (Å²) in [6.45, 7) is 9.86. The zero-order valence-corrected chi connectivity index (χ0v) is 11.8. The highest BCUT2D eigenvalue weighted by atomic mass is 16.2. The van der Waals surface area contributed by atoms with Crippen molar-refractivity contribution in [2.75, 3.05) is 13.1 Å². The molecule has 0 aromatic carbocycles. The fraction of sp³-hybridized carbons (Fsp3) is 0.929. The molecule has 0 unspecified atom stereocenters. The zero-order valence-electron chi connectivity index (χ0n) is 11.8. The molecule has 1 amide bonds. The van der Waals surface area contributed by atoms with E-state index < -0.39 is 0 Å². The first-order valence-electron chi connectivity index (χ1n) is 6.94. The summed E-state index contributed by atoms with van der Waals surface area (Å²) in [6.07, 6.45) is 4.25. The van der Waals surface area contributed by atoms with Crippen molar-refractivity contribution in [3.05, 3.63) is 0 Å². The van der Waals surface area contributed by atoms with Gasteiger partial charge in [0.15, 0.2) is 0 Å². The monoisotopic (exact) mass is 240 g/mol. The van der Waals surface area contributed by atoms with Crippen LogP contribution in [-0.4, -0.2) is 29.9 Å². The maximum Gasteiger partial charge on any atom is 0.230 e. The van der Waals surface area contributed by atoms with Gasteiger partial charge in [0, 0.05) is 19.1 Å². The molecule has 0 heterocycles. The van der Waals surface area contributed by atoms with Gasteiger partial charge in [-0.25, -0.2) is 0 Å². The van der Waals surface area contributed by atoms with Gasteiger partial charge in [0.1, 0.15) is 0 Å². The molecule has 0 aromatic heterocycles. The smallest absolute Gasteiger partial charge is 0.230 e. The van der Waals surface area contributed by atoms with Crippen molar-refractivity contribution >= 4 is 5.91 Å². The molecule has 1 aliphatic rings. The third kappa shape index (κ3) is 3.21. The first-order valence-corrected chi connectivity index (χ1v) is 6.94. The molecule has 0 bridgehead atoms. The summed E-state index contributed by atoms with van der Waals surface area (Å²) in [5.41, 5.74) is 5.64. The molecule has 3 heteroatoms. The summed E-state index contributed by atoms with van der Waals surface area (Å²) in [7, 11) is 0. The van der Waals surface area contributed by atoms with Crippen LogP contribution >= 0.6 is 0 Å². The SMILES string of the molecule is CC(C)CN(C(=O)C1(CN)CCCC1)C(C)C. The third-order valence-electron chi connectivity index (χ3n) is 3.85. The maximum absolute atomic E-state index is 12.7. The van der Waals surface area contributed by atoms with Crippen molar-refractivity contribution in [1.29, 1.82) is 0 Å². The molecular formula is C14H28N2O. The maximum atomic E-state index is 12.7. The average molecular weight is 240 g/mol. The van der Waals surface area contributed by atoms with Crippen LogP contribution in [0.2, 0.25) is 0 Å². The molecule has 3 nitrogen and oxygen atoms in total. The van der Waals surface area contributed by atoms with E-state index in [0.29, 0.717) is 18.4 Å². The molecule has 17 heavy (non-hydrogen) atoms. The van der Waals surface area contributed by atoms with E-state index in [0.717, 1.165) is 32.2 Å². The van der Waals surface area contributed by atoms with Gasteiger partial charge in [0.25, 0.3) is 0 Å². The summed E-state index contributed by atoms with van der Waals surface area (Å²) >= 11 is 0. The van der Waals surface area contributed by atoms with Gasteiger partial charge in [-0.15, -0.1) is 0 Å². The standard InChI is InChI=1S/C14H28N2O/c1-11(2)9-16(12(3)4)13(17)14(10-15)7-5-6-8-14/h11-12H,5-10,15H2,1-4H3. The van der Waals surface area contributed by atoms with Crippen LogP contribution in [0.25, 0.3) is 0 Å². The fourth-order valence-electron chi connectivity index (χ4n) is 2.78. The van der Waals surface area contributed by atoms with Gasteiger partial charge in [-0.05, 0) is 32.6 Å². The Kier molecular flexibility index (Phi) is 4.99. The van der Waals surface area contributed by atoms with Crippen molar-refractivity contribution < 1.29 is 4.79 Å². The highest BCUT2D eigenvalue weighted by Gasteiger charge is 2.42. The lowest BCUT2D eigenvalue weighted by molar-refractivity contribution is -0.143. The van der Waals surface area contributed by atoms with Gasteiger partial charge < -0.3 is 10.6 Å². The van der Waals surface area contributed by atoms with Gasteiger partial charge in [0.05, 0.1) is 5.41 Å². The number of carbonyl (C=O) groups excluding carboxylic acids is 1. The molecule has 1 fully saturated rings. The second-order valence-electron chi connectivity index (χ2n) is 6.14. The summed E-state index contributed by atoms with van der Waals surface area (Å²) in [5, 5.41) is 0. The molecule has 1 rings (SSSR count). The number of hydrogen-bond acceptors (Lipinski definition) is 2. The van der Waals surface area contributed by atoms with E-state index in [9.17, 15) is 4.79 Å². The predicted molar refractivity (Wildman–Crippen MR) is 71.6 cm³/mol. The number of hydrogen-bond donors (Lipinski definition) is 1. The van der Waals surface area contributed by atoms with Crippen molar-refractivity contribution in [2.24, 2.45) is 17.1 Å². The van der Waals surface area contributed by atoms with E-state index in [1.165, 1.54) is 0 Å². The Balaban J connectivity index is 2.82. The molecule has 0 radical (unpaired) electrons. The lowest BCUT2D eigenvalue weighted by Gasteiger charge is -2.37.